The van der Waals surface area contributed by atoms with Gasteiger partial charge in [-0.1, -0.05) is 11.8 Å². The van der Waals surface area contributed by atoms with Gasteiger partial charge in [0.15, 0.2) is 0 Å². The molecule has 2 N–H and O–H groups in total. The zero-order valence-corrected chi connectivity index (χ0v) is 14.4. The summed E-state index contributed by atoms with van der Waals surface area (Å²) in [6.45, 7) is -0.334. The normalized spacial score (nSPS) is 9.90. The van der Waals surface area contributed by atoms with Gasteiger partial charge in [0.05, 0.1) is 18.7 Å². The number of aliphatic hydroxyl groups excluding tert-OH is 1. The molecule has 0 radical (unpaired) electrons. The standard InChI is InChI=1S/C14H8Br2FNO2S/c15-12-7-10(13(16)21-12)14(20)18-9-4-3-8(2-1-5-19)11(17)6-9/h3-4,6-7,19H,5H2,(H,18,20). The third-order valence-electron chi connectivity index (χ3n) is 2.43. The van der Waals surface area contributed by atoms with E-state index >= 15 is 0 Å². The Bertz CT molecular complexity index is 749. The molecule has 1 aromatic heterocycles. The first-order valence-electron chi connectivity index (χ1n) is 5.66. The van der Waals surface area contributed by atoms with E-state index in [2.05, 4.69) is 49.0 Å². The van der Waals surface area contributed by atoms with E-state index in [1.165, 1.54) is 23.5 Å². The molecule has 7 heteroatoms. The number of benzene rings is 1. The number of hydrogen-bond acceptors (Lipinski definition) is 3. The minimum Gasteiger partial charge on any atom is -0.384 e. The number of amides is 1. The molecule has 1 amide bonds. The quantitative estimate of drug-likeness (QED) is 0.704. The third-order valence-corrected chi connectivity index (χ3v) is 4.77. The van der Waals surface area contributed by atoms with E-state index < -0.39 is 5.82 Å². The predicted molar refractivity (Wildman–Crippen MR) is 88.0 cm³/mol. The van der Waals surface area contributed by atoms with Crippen molar-refractivity contribution >= 4 is 54.8 Å². The number of aliphatic hydroxyl groups is 1. The second kappa shape index (κ2) is 7.18. The van der Waals surface area contributed by atoms with Crippen LogP contribution in [0.1, 0.15) is 15.9 Å². The van der Waals surface area contributed by atoms with E-state index in [1.807, 2.05) is 0 Å². The molecule has 108 valence electrons. The van der Waals surface area contributed by atoms with Crippen LogP contribution in [-0.2, 0) is 0 Å². The van der Waals surface area contributed by atoms with Gasteiger partial charge >= 0.3 is 0 Å². The van der Waals surface area contributed by atoms with E-state index in [4.69, 9.17) is 5.11 Å². The lowest BCUT2D eigenvalue weighted by atomic mass is 10.2. The molecule has 1 aromatic carbocycles. The molecule has 0 saturated carbocycles. The number of anilines is 1. The minimum absolute atomic E-state index is 0.168. The Morgan fingerprint density at radius 1 is 1.38 bits per heavy atom. The van der Waals surface area contributed by atoms with Gasteiger partial charge in [-0.2, -0.15) is 0 Å². The Kier molecular flexibility index (Phi) is 5.53. The molecule has 2 rings (SSSR count). The van der Waals surface area contributed by atoms with Crippen molar-refractivity contribution in [1.29, 1.82) is 0 Å². The number of carbonyl (C=O) groups excluding carboxylic acids is 1. The number of carbonyl (C=O) groups is 1. The molecular weight excluding hydrogens is 425 g/mol. The van der Waals surface area contributed by atoms with Crippen LogP contribution >= 0.6 is 43.2 Å². The average molecular weight is 433 g/mol. The summed E-state index contributed by atoms with van der Waals surface area (Å²) in [4.78, 5) is 12.1. The van der Waals surface area contributed by atoms with Gasteiger partial charge in [0, 0.05) is 5.69 Å². The Labute approximate surface area is 141 Å². The summed E-state index contributed by atoms with van der Waals surface area (Å²) in [5.74, 6) is 3.97. The summed E-state index contributed by atoms with van der Waals surface area (Å²) in [7, 11) is 0. The van der Waals surface area contributed by atoms with Crippen molar-refractivity contribution in [3.63, 3.8) is 0 Å². The largest absolute Gasteiger partial charge is 0.384 e. The van der Waals surface area contributed by atoms with Gasteiger partial charge < -0.3 is 10.4 Å². The highest BCUT2D eigenvalue weighted by molar-refractivity contribution is 9.12. The molecule has 1 heterocycles. The second-order valence-electron chi connectivity index (χ2n) is 3.85. The van der Waals surface area contributed by atoms with Gasteiger partial charge in [-0.25, -0.2) is 4.39 Å². The van der Waals surface area contributed by atoms with Crippen LogP contribution in [0.4, 0.5) is 10.1 Å². The third kappa shape index (κ3) is 4.14. The molecule has 0 aliphatic heterocycles. The highest BCUT2D eigenvalue weighted by Gasteiger charge is 2.14. The Hall–Kier alpha value is -1.20. The highest BCUT2D eigenvalue weighted by atomic mass is 79.9. The minimum atomic E-state index is -0.556. The fourth-order valence-corrected chi connectivity index (χ4v) is 4.32. The second-order valence-corrected chi connectivity index (χ2v) is 7.60. The highest BCUT2D eigenvalue weighted by Crippen LogP contribution is 2.32. The van der Waals surface area contributed by atoms with E-state index in [-0.39, 0.29) is 18.1 Å². The molecule has 0 bridgehead atoms. The number of rotatable bonds is 2. The number of hydrogen-bond donors (Lipinski definition) is 2. The summed E-state index contributed by atoms with van der Waals surface area (Å²) in [5.41, 5.74) is 0.971. The number of nitrogens with one attached hydrogen (secondary N) is 1. The topological polar surface area (TPSA) is 49.3 Å². The van der Waals surface area contributed by atoms with Crippen LogP contribution in [0.2, 0.25) is 0 Å². The van der Waals surface area contributed by atoms with Crippen LogP contribution in [0.5, 0.6) is 0 Å². The van der Waals surface area contributed by atoms with Crippen LogP contribution in [0.3, 0.4) is 0 Å². The molecule has 0 fully saturated rings. The van der Waals surface area contributed by atoms with Crippen molar-refractivity contribution in [2.45, 2.75) is 0 Å². The maximum atomic E-state index is 13.8. The van der Waals surface area contributed by atoms with Gasteiger partial charge in [0.2, 0.25) is 0 Å². The molecule has 21 heavy (non-hydrogen) atoms. The van der Waals surface area contributed by atoms with E-state index in [0.717, 1.165) is 3.79 Å². The average Bonchev–Trinajstić information content (AvgIpc) is 2.77. The molecule has 0 saturated heterocycles. The Balaban J connectivity index is 2.18. The summed E-state index contributed by atoms with van der Waals surface area (Å²) in [6, 6.07) is 5.88. The molecule has 3 nitrogen and oxygen atoms in total. The van der Waals surface area contributed by atoms with Crippen molar-refractivity contribution < 1.29 is 14.3 Å². The van der Waals surface area contributed by atoms with Gasteiger partial charge in [0.25, 0.3) is 5.91 Å². The monoisotopic (exact) mass is 431 g/mol. The van der Waals surface area contributed by atoms with Gasteiger partial charge in [-0.3, -0.25) is 4.79 Å². The fourth-order valence-electron chi connectivity index (χ4n) is 1.52. The Morgan fingerprint density at radius 3 is 2.71 bits per heavy atom. The molecule has 0 spiro atoms. The van der Waals surface area contributed by atoms with Crippen molar-refractivity contribution in [3.8, 4) is 11.8 Å². The molecule has 0 aliphatic carbocycles. The summed E-state index contributed by atoms with van der Waals surface area (Å²) in [6.07, 6.45) is 0. The van der Waals surface area contributed by atoms with Crippen LogP contribution in [0, 0.1) is 17.7 Å². The van der Waals surface area contributed by atoms with Crippen molar-refractivity contribution in [3.05, 3.63) is 48.8 Å². The van der Waals surface area contributed by atoms with Gasteiger partial charge in [0.1, 0.15) is 12.4 Å². The smallest absolute Gasteiger partial charge is 0.257 e. The van der Waals surface area contributed by atoms with Crippen LogP contribution < -0.4 is 5.32 Å². The molecule has 2 aromatic rings. The maximum absolute atomic E-state index is 13.8. The predicted octanol–water partition coefficient (Wildman–Crippen LogP) is 4.01. The molecule has 0 unspecified atom stereocenters. The molecule has 0 aliphatic rings. The van der Waals surface area contributed by atoms with Gasteiger partial charge in [-0.15, -0.1) is 11.3 Å². The maximum Gasteiger partial charge on any atom is 0.257 e. The fraction of sp³-hybridized carbons (Fsp3) is 0.0714. The summed E-state index contributed by atoms with van der Waals surface area (Å²) < 4.78 is 15.3. The molecular formula is C14H8Br2FNO2S. The molecule has 0 atom stereocenters. The van der Waals surface area contributed by atoms with Gasteiger partial charge in [-0.05, 0) is 56.1 Å². The summed E-state index contributed by atoms with van der Waals surface area (Å²) >= 11 is 7.97. The van der Waals surface area contributed by atoms with Crippen molar-refractivity contribution in [1.82, 2.24) is 0 Å². The van der Waals surface area contributed by atoms with Crippen molar-refractivity contribution in [2.24, 2.45) is 0 Å². The van der Waals surface area contributed by atoms with E-state index in [9.17, 15) is 9.18 Å². The zero-order chi connectivity index (χ0) is 15.4. The first-order valence-corrected chi connectivity index (χ1v) is 8.07. The Morgan fingerprint density at radius 2 is 2.14 bits per heavy atom. The lowest BCUT2D eigenvalue weighted by Crippen LogP contribution is -2.11. The SMILES string of the molecule is O=C(Nc1ccc(C#CCO)c(F)c1)c1cc(Br)sc1Br. The number of thiophene rings is 1. The van der Waals surface area contributed by atoms with Crippen molar-refractivity contribution in [2.75, 3.05) is 11.9 Å². The zero-order valence-electron chi connectivity index (χ0n) is 10.4. The van der Waals surface area contributed by atoms with E-state index in [1.54, 1.807) is 12.1 Å². The lowest BCUT2D eigenvalue weighted by molar-refractivity contribution is 0.102. The van der Waals surface area contributed by atoms with Crippen LogP contribution in [-0.4, -0.2) is 17.6 Å². The van der Waals surface area contributed by atoms with E-state index in [0.29, 0.717) is 15.0 Å². The first-order chi connectivity index (χ1) is 10.0. The van der Waals surface area contributed by atoms with Crippen LogP contribution in [0.25, 0.3) is 0 Å². The van der Waals surface area contributed by atoms with Crippen LogP contribution in [0.15, 0.2) is 31.8 Å². The lowest BCUT2D eigenvalue weighted by Gasteiger charge is -2.05. The number of halogens is 3. The summed E-state index contributed by atoms with van der Waals surface area (Å²) in [5, 5.41) is 11.2. The first kappa shape index (κ1) is 16.2.